The zero-order valence-electron chi connectivity index (χ0n) is 10.8. The van der Waals surface area contributed by atoms with Gasteiger partial charge in [-0.15, -0.1) is 6.42 Å². The molecular weight excluding hydrogens is 232 g/mol. The van der Waals surface area contributed by atoms with E-state index in [0.717, 1.165) is 13.0 Å². The Morgan fingerprint density at radius 1 is 1.56 bits per heavy atom. The number of rotatable bonds is 7. The lowest BCUT2D eigenvalue weighted by Crippen LogP contribution is -2.36. The van der Waals surface area contributed by atoms with Gasteiger partial charge in [0.1, 0.15) is 12.5 Å². The van der Waals surface area contributed by atoms with Crippen molar-refractivity contribution in [2.45, 2.75) is 19.5 Å². The maximum atomic E-state index is 5.40. The van der Waals surface area contributed by atoms with Crippen LogP contribution in [0.25, 0.3) is 0 Å². The first-order valence-corrected chi connectivity index (χ1v) is 5.64. The minimum absolute atomic E-state index is 0.312. The summed E-state index contributed by atoms with van der Waals surface area (Å²) in [6.45, 7) is 2.88. The molecule has 1 atom stereocenters. The van der Waals surface area contributed by atoms with Gasteiger partial charge in [-0.3, -0.25) is 10.2 Å². The van der Waals surface area contributed by atoms with E-state index in [2.05, 4.69) is 38.4 Å². The lowest BCUT2D eigenvalue weighted by atomic mass is 10.4. The smallest absolute Gasteiger partial charge is 0.254 e. The maximum Gasteiger partial charge on any atom is 0.254 e. The maximum absolute atomic E-state index is 5.40. The summed E-state index contributed by atoms with van der Waals surface area (Å²) < 4.78 is 0. The van der Waals surface area contributed by atoms with Gasteiger partial charge in [0.25, 0.3) is 5.95 Å². The predicted octanol–water partition coefficient (Wildman–Crippen LogP) is 0.240. The van der Waals surface area contributed by atoms with E-state index in [-0.39, 0.29) is 6.17 Å². The zero-order valence-corrected chi connectivity index (χ0v) is 10.8. The monoisotopic (exact) mass is 250 g/mol. The van der Waals surface area contributed by atoms with Crippen molar-refractivity contribution in [3.8, 4) is 12.3 Å². The number of nitrogens with zero attached hydrogens (tertiary/aromatic N) is 4. The number of nitrogens with one attached hydrogen (secondary N) is 2. The van der Waals surface area contributed by atoms with Crippen LogP contribution in [0.1, 0.15) is 13.3 Å². The molecule has 1 aromatic rings. The highest BCUT2D eigenvalue weighted by molar-refractivity contribution is 5.35. The van der Waals surface area contributed by atoms with E-state index < -0.39 is 0 Å². The highest BCUT2D eigenvalue weighted by Crippen LogP contribution is 2.06. The fourth-order valence-corrected chi connectivity index (χ4v) is 1.16. The Bertz CT molecular complexity index is 405. The molecule has 7 nitrogen and oxygen atoms in total. The molecule has 98 valence electrons. The van der Waals surface area contributed by atoms with Crippen LogP contribution in [0, 0.1) is 12.3 Å². The van der Waals surface area contributed by atoms with Gasteiger partial charge < -0.3 is 5.32 Å². The third-order valence-corrected chi connectivity index (χ3v) is 2.15. The Morgan fingerprint density at radius 2 is 2.33 bits per heavy atom. The molecule has 0 amide bonds. The van der Waals surface area contributed by atoms with Crippen LogP contribution in [0.15, 0.2) is 6.33 Å². The molecule has 0 saturated heterocycles. The third kappa shape index (κ3) is 4.16. The van der Waals surface area contributed by atoms with Crippen molar-refractivity contribution in [3.63, 3.8) is 0 Å². The van der Waals surface area contributed by atoms with Gasteiger partial charge >= 0.3 is 0 Å². The number of hydrogen-bond acceptors (Lipinski definition) is 7. The summed E-state index contributed by atoms with van der Waals surface area (Å²) in [5.41, 5.74) is 0. The largest absolute Gasteiger partial charge is 0.328 e. The lowest BCUT2D eigenvalue weighted by Gasteiger charge is -2.16. The van der Waals surface area contributed by atoms with Crippen LogP contribution < -0.4 is 15.7 Å². The second kappa shape index (κ2) is 7.42. The molecule has 1 rings (SSSR count). The van der Waals surface area contributed by atoms with Gasteiger partial charge in [0.15, 0.2) is 0 Å². The molecular formula is C11H18N6O. The van der Waals surface area contributed by atoms with Gasteiger partial charge in [-0.1, -0.05) is 12.8 Å². The van der Waals surface area contributed by atoms with Gasteiger partial charge in [0.05, 0.1) is 7.11 Å². The molecule has 0 aromatic carbocycles. The van der Waals surface area contributed by atoms with E-state index in [1.165, 1.54) is 18.5 Å². The topological polar surface area (TPSA) is 75.2 Å². The average molecular weight is 250 g/mol. The number of hydrogen-bond donors (Lipinski definition) is 2. The Morgan fingerprint density at radius 3 is 2.94 bits per heavy atom. The normalized spacial score (nSPS) is 11.7. The van der Waals surface area contributed by atoms with Crippen LogP contribution in [0.2, 0.25) is 0 Å². The van der Waals surface area contributed by atoms with E-state index in [9.17, 15) is 0 Å². The van der Waals surface area contributed by atoms with E-state index in [1.54, 1.807) is 7.05 Å². The average Bonchev–Trinajstić information content (AvgIpc) is 2.42. The molecule has 0 aliphatic rings. The summed E-state index contributed by atoms with van der Waals surface area (Å²) in [4.78, 5) is 17.1. The molecule has 18 heavy (non-hydrogen) atoms. The zero-order chi connectivity index (χ0) is 13.4. The standard InChI is InChI=1S/C11H18N6O/c1-5-7-12-9(6-2)15-10-13-8-14-11(16-10)17(3)18-4/h2,8-9,12H,5,7H2,1,3-4H3,(H,13,14,15,16). The minimum atomic E-state index is -0.312. The van der Waals surface area contributed by atoms with Gasteiger partial charge in [-0.05, 0) is 13.0 Å². The fourth-order valence-electron chi connectivity index (χ4n) is 1.16. The Hall–Kier alpha value is -1.91. The number of hydroxylamine groups is 1. The first kappa shape index (κ1) is 14.2. The van der Waals surface area contributed by atoms with Gasteiger partial charge in [-0.2, -0.15) is 9.97 Å². The molecule has 0 bridgehead atoms. The highest BCUT2D eigenvalue weighted by atomic mass is 16.7. The van der Waals surface area contributed by atoms with Crippen LogP contribution in [-0.4, -0.2) is 41.8 Å². The predicted molar refractivity (Wildman–Crippen MR) is 69.8 cm³/mol. The van der Waals surface area contributed by atoms with Crippen molar-refractivity contribution in [1.82, 2.24) is 20.3 Å². The quantitative estimate of drug-likeness (QED) is 0.408. The number of terminal acetylenes is 1. The second-order valence-electron chi connectivity index (χ2n) is 3.49. The SMILES string of the molecule is C#CC(NCCC)Nc1ncnc(N(C)OC)n1. The third-order valence-electron chi connectivity index (χ3n) is 2.15. The molecule has 0 spiro atoms. The molecule has 7 heteroatoms. The first-order valence-electron chi connectivity index (χ1n) is 5.64. The highest BCUT2D eigenvalue weighted by Gasteiger charge is 2.08. The molecule has 0 aliphatic heterocycles. The van der Waals surface area contributed by atoms with Crippen molar-refractivity contribution < 1.29 is 4.84 Å². The van der Waals surface area contributed by atoms with E-state index in [0.29, 0.717) is 11.9 Å². The van der Waals surface area contributed by atoms with Crippen molar-refractivity contribution >= 4 is 11.9 Å². The summed E-state index contributed by atoms with van der Waals surface area (Å²) in [6.07, 6.45) is 7.48. The summed E-state index contributed by atoms with van der Waals surface area (Å²) in [6, 6.07) is 0. The van der Waals surface area contributed by atoms with Crippen LogP contribution in [0.3, 0.4) is 0 Å². The summed E-state index contributed by atoms with van der Waals surface area (Å²) in [7, 11) is 3.23. The summed E-state index contributed by atoms with van der Waals surface area (Å²) in [5, 5.41) is 7.56. The summed E-state index contributed by atoms with van der Waals surface area (Å²) in [5.74, 6) is 3.38. The Kier molecular flexibility index (Phi) is 5.84. The van der Waals surface area contributed by atoms with Crippen LogP contribution >= 0.6 is 0 Å². The molecule has 1 aromatic heterocycles. The molecule has 1 unspecified atom stereocenters. The minimum Gasteiger partial charge on any atom is -0.328 e. The fraction of sp³-hybridized carbons (Fsp3) is 0.545. The van der Waals surface area contributed by atoms with Crippen LogP contribution in [-0.2, 0) is 4.84 Å². The molecule has 1 heterocycles. The van der Waals surface area contributed by atoms with Crippen molar-refractivity contribution in [3.05, 3.63) is 6.33 Å². The van der Waals surface area contributed by atoms with Gasteiger partial charge in [-0.25, -0.2) is 10.0 Å². The molecule has 2 N–H and O–H groups in total. The Balaban J connectivity index is 2.69. The Labute approximate surface area is 107 Å². The molecule has 0 saturated carbocycles. The van der Waals surface area contributed by atoms with Gasteiger partial charge in [0.2, 0.25) is 5.95 Å². The van der Waals surface area contributed by atoms with Gasteiger partial charge in [0, 0.05) is 7.05 Å². The number of aromatic nitrogens is 3. The second-order valence-corrected chi connectivity index (χ2v) is 3.49. The van der Waals surface area contributed by atoms with E-state index in [4.69, 9.17) is 11.3 Å². The van der Waals surface area contributed by atoms with Crippen LogP contribution in [0.4, 0.5) is 11.9 Å². The van der Waals surface area contributed by atoms with E-state index >= 15 is 0 Å². The summed E-state index contributed by atoms with van der Waals surface area (Å²) >= 11 is 0. The molecule has 0 radical (unpaired) electrons. The van der Waals surface area contributed by atoms with Crippen LogP contribution in [0.5, 0.6) is 0 Å². The molecule has 0 aliphatic carbocycles. The van der Waals surface area contributed by atoms with E-state index in [1.807, 2.05) is 0 Å². The molecule has 0 fully saturated rings. The lowest BCUT2D eigenvalue weighted by molar-refractivity contribution is 0.180. The van der Waals surface area contributed by atoms with Crippen molar-refractivity contribution in [1.29, 1.82) is 0 Å². The number of anilines is 2. The van der Waals surface area contributed by atoms with Crippen molar-refractivity contribution in [2.24, 2.45) is 0 Å². The van der Waals surface area contributed by atoms with Crippen molar-refractivity contribution in [2.75, 3.05) is 31.1 Å². The first-order chi connectivity index (χ1) is 8.71.